The van der Waals surface area contributed by atoms with E-state index in [1.165, 1.54) is 0 Å². The van der Waals surface area contributed by atoms with Gasteiger partial charge >= 0.3 is 12.1 Å². The van der Waals surface area contributed by atoms with Gasteiger partial charge in [-0.15, -0.1) is 9.78 Å². The van der Waals surface area contributed by atoms with Crippen LogP contribution in [0.3, 0.4) is 0 Å². The van der Waals surface area contributed by atoms with E-state index in [-0.39, 0.29) is 0 Å². The fourth-order valence-corrected chi connectivity index (χ4v) is 0.749. The van der Waals surface area contributed by atoms with E-state index >= 15 is 0 Å². The molecule has 0 amide bonds. The summed E-state index contributed by atoms with van der Waals surface area (Å²) in [6.45, 7) is 4.95. The molecule has 1 aromatic heterocycles. The standard InChI is InChI=1S/C7H10N4O4/c1-7(2,3)15-6(14)11-4(5(12)13)8-9-10-11/h1-3H3,(H,12,13). The first-order valence-electron chi connectivity index (χ1n) is 4.06. The molecule has 1 aromatic rings. The van der Waals surface area contributed by atoms with Crippen molar-refractivity contribution >= 4 is 12.1 Å². The summed E-state index contributed by atoms with van der Waals surface area (Å²) >= 11 is 0. The molecular formula is C7H10N4O4. The smallest absolute Gasteiger partial charge is 0.438 e. The minimum atomic E-state index is -1.40. The maximum atomic E-state index is 11.4. The average molecular weight is 214 g/mol. The maximum absolute atomic E-state index is 11.4. The molecule has 0 bridgehead atoms. The number of tetrazole rings is 1. The normalized spacial score (nSPS) is 11.1. The molecular weight excluding hydrogens is 204 g/mol. The maximum Gasteiger partial charge on any atom is 0.438 e. The highest BCUT2D eigenvalue weighted by molar-refractivity contribution is 5.87. The van der Waals surface area contributed by atoms with Gasteiger partial charge in [-0.05, 0) is 31.2 Å². The number of hydrogen-bond acceptors (Lipinski definition) is 6. The van der Waals surface area contributed by atoms with Gasteiger partial charge in [0.25, 0.3) is 5.82 Å². The summed E-state index contributed by atoms with van der Waals surface area (Å²) in [7, 11) is 0. The zero-order valence-electron chi connectivity index (χ0n) is 8.46. The summed E-state index contributed by atoms with van der Waals surface area (Å²) in [5.74, 6) is -1.98. The fourth-order valence-electron chi connectivity index (χ4n) is 0.749. The van der Waals surface area contributed by atoms with Gasteiger partial charge in [-0.3, -0.25) is 0 Å². The molecule has 0 spiro atoms. The molecule has 0 fully saturated rings. The van der Waals surface area contributed by atoms with Gasteiger partial charge in [0.2, 0.25) is 0 Å². The highest BCUT2D eigenvalue weighted by Gasteiger charge is 2.24. The lowest BCUT2D eigenvalue weighted by Crippen LogP contribution is -2.29. The Morgan fingerprint density at radius 1 is 1.40 bits per heavy atom. The molecule has 0 aromatic carbocycles. The molecule has 82 valence electrons. The lowest BCUT2D eigenvalue weighted by molar-refractivity contribution is 0.0478. The zero-order chi connectivity index (χ0) is 11.6. The van der Waals surface area contributed by atoms with Crippen LogP contribution in [0.5, 0.6) is 0 Å². The van der Waals surface area contributed by atoms with Crippen LogP contribution in [-0.4, -0.2) is 43.0 Å². The Labute approximate surface area is 84.8 Å². The van der Waals surface area contributed by atoms with Crippen LogP contribution >= 0.6 is 0 Å². The van der Waals surface area contributed by atoms with E-state index in [4.69, 9.17) is 9.84 Å². The molecule has 0 aliphatic carbocycles. The minimum Gasteiger partial charge on any atom is -0.475 e. The first-order valence-corrected chi connectivity index (χ1v) is 4.06. The summed E-state index contributed by atoms with van der Waals surface area (Å²) in [6, 6.07) is 0. The second-order valence-electron chi connectivity index (χ2n) is 3.70. The Morgan fingerprint density at radius 2 is 2.00 bits per heavy atom. The second kappa shape index (κ2) is 3.64. The third kappa shape index (κ3) is 2.73. The van der Waals surface area contributed by atoms with Gasteiger partial charge in [0.1, 0.15) is 5.60 Å². The van der Waals surface area contributed by atoms with Crippen molar-refractivity contribution in [3.63, 3.8) is 0 Å². The van der Waals surface area contributed by atoms with Crippen molar-refractivity contribution in [1.29, 1.82) is 0 Å². The molecule has 0 radical (unpaired) electrons. The van der Waals surface area contributed by atoms with E-state index in [9.17, 15) is 9.59 Å². The number of aromatic carboxylic acids is 1. The third-order valence-electron chi connectivity index (χ3n) is 1.23. The molecule has 0 aliphatic rings. The summed E-state index contributed by atoms with van der Waals surface area (Å²) in [6.07, 6.45) is -0.926. The molecule has 1 N–H and O–H groups in total. The van der Waals surface area contributed by atoms with Gasteiger partial charge in [0.05, 0.1) is 0 Å². The Morgan fingerprint density at radius 3 is 2.47 bits per heavy atom. The van der Waals surface area contributed by atoms with Crippen molar-refractivity contribution in [2.75, 3.05) is 0 Å². The van der Waals surface area contributed by atoms with Crippen LogP contribution in [0.4, 0.5) is 4.79 Å². The van der Waals surface area contributed by atoms with Crippen LogP contribution in [0.2, 0.25) is 0 Å². The summed E-state index contributed by atoms with van der Waals surface area (Å²) in [5.41, 5.74) is -0.737. The van der Waals surface area contributed by atoms with E-state index in [0.717, 1.165) is 0 Å². The van der Waals surface area contributed by atoms with E-state index in [2.05, 4.69) is 15.5 Å². The van der Waals surface area contributed by atoms with Crippen LogP contribution in [0.25, 0.3) is 0 Å². The highest BCUT2D eigenvalue weighted by Crippen LogP contribution is 2.08. The molecule has 1 rings (SSSR count). The minimum absolute atomic E-state index is 0.494. The van der Waals surface area contributed by atoms with Crippen molar-refractivity contribution in [2.24, 2.45) is 0 Å². The Kier molecular flexibility index (Phi) is 2.69. The largest absolute Gasteiger partial charge is 0.475 e. The van der Waals surface area contributed by atoms with Crippen molar-refractivity contribution in [1.82, 2.24) is 20.2 Å². The van der Waals surface area contributed by atoms with Crippen molar-refractivity contribution in [3.8, 4) is 0 Å². The number of ether oxygens (including phenoxy) is 1. The Balaban J connectivity index is 2.92. The van der Waals surface area contributed by atoms with Gasteiger partial charge in [0.15, 0.2) is 0 Å². The van der Waals surface area contributed by atoms with Crippen molar-refractivity contribution in [2.45, 2.75) is 26.4 Å². The van der Waals surface area contributed by atoms with Gasteiger partial charge < -0.3 is 9.84 Å². The molecule has 15 heavy (non-hydrogen) atoms. The van der Waals surface area contributed by atoms with E-state index < -0.39 is 23.5 Å². The molecule has 0 saturated carbocycles. The lowest BCUT2D eigenvalue weighted by Gasteiger charge is -2.18. The Bertz CT molecular complexity index is 392. The molecule has 0 saturated heterocycles. The second-order valence-corrected chi connectivity index (χ2v) is 3.70. The molecule has 0 atom stereocenters. The average Bonchev–Trinajstić information content (AvgIpc) is 2.47. The van der Waals surface area contributed by atoms with Gasteiger partial charge in [0, 0.05) is 0 Å². The zero-order valence-corrected chi connectivity index (χ0v) is 8.46. The quantitative estimate of drug-likeness (QED) is 0.663. The van der Waals surface area contributed by atoms with E-state index in [1.54, 1.807) is 20.8 Å². The number of aromatic nitrogens is 4. The van der Waals surface area contributed by atoms with Gasteiger partial charge in [-0.2, -0.15) is 0 Å². The highest BCUT2D eigenvalue weighted by atomic mass is 16.6. The van der Waals surface area contributed by atoms with Gasteiger partial charge in [-0.25, -0.2) is 9.59 Å². The van der Waals surface area contributed by atoms with Crippen LogP contribution in [0, 0.1) is 0 Å². The summed E-state index contributed by atoms with van der Waals surface area (Å²) in [4.78, 5) is 22.0. The first-order chi connectivity index (χ1) is 6.81. The van der Waals surface area contributed by atoms with Crippen LogP contribution in [-0.2, 0) is 4.74 Å². The molecule has 0 unspecified atom stereocenters. The predicted octanol–water partition coefficient (Wildman–Crippen LogP) is 0.154. The SMILES string of the molecule is CC(C)(C)OC(=O)n1nnnc1C(=O)O. The number of carboxylic acid groups (broad SMARTS) is 1. The van der Waals surface area contributed by atoms with Crippen molar-refractivity contribution in [3.05, 3.63) is 5.82 Å². The third-order valence-corrected chi connectivity index (χ3v) is 1.23. The van der Waals surface area contributed by atoms with E-state index in [0.29, 0.717) is 4.68 Å². The van der Waals surface area contributed by atoms with Crippen LogP contribution in [0.1, 0.15) is 31.4 Å². The Hall–Kier alpha value is -1.99. The van der Waals surface area contributed by atoms with Crippen LogP contribution in [0.15, 0.2) is 0 Å². The molecule has 8 heteroatoms. The number of carbonyl (C=O) groups excluding carboxylic acids is 1. The number of rotatable bonds is 1. The molecule has 8 nitrogen and oxygen atoms in total. The van der Waals surface area contributed by atoms with Gasteiger partial charge in [-0.1, -0.05) is 0 Å². The number of hydrogen-bond donors (Lipinski definition) is 1. The van der Waals surface area contributed by atoms with E-state index in [1.807, 2.05) is 0 Å². The number of carbonyl (C=O) groups is 2. The first kappa shape index (κ1) is 11.1. The number of carboxylic acids is 1. The number of nitrogens with zero attached hydrogens (tertiary/aromatic N) is 4. The molecule has 1 heterocycles. The summed E-state index contributed by atoms with van der Waals surface area (Å²) in [5, 5.41) is 18.1. The predicted molar refractivity (Wildman–Crippen MR) is 46.4 cm³/mol. The van der Waals surface area contributed by atoms with Crippen molar-refractivity contribution < 1.29 is 19.4 Å². The topological polar surface area (TPSA) is 107 Å². The lowest BCUT2D eigenvalue weighted by atomic mass is 10.2. The molecule has 0 aliphatic heterocycles. The summed E-state index contributed by atoms with van der Waals surface area (Å²) < 4.78 is 5.38. The van der Waals surface area contributed by atoms with Crippen LogP contribution < -0.4 is 0 Å². The fraction of sp³-hybridized carbons (Fsp3) is 0.571. The monoisotopic (exact) mass is 214 g/mol.